The molecule has 1 aromatic rings. The lowest BCUT2D eigenvalue weighted by Crippen LogP contribution is -2.51. The van der Waals surface area contributed by atoms with Gasteiger partial charge in [-0.2, -0.15) is 4.91 Å². The molecule has 166 valence electrons. The van der Waals surface area contributed by atoms with Gasteiger partial charge in [0.2, 0.25) is 0 Å². The highest BCUT2D eigenvalue weighted by atomic mass is 16.5. The molecule has 4 heteroatoms. The molecule has 0 unspecified atom stereocenters. The normalized spacial score (nSPS) is 36.0. The maximum atomic E-state index is 12.2. The molecule has 0 amide bonds. The number of rotatable bonds is 4. The van der Waals surface area contributed by atoms with Crippen LogP contribution in [-0.2, 0) is 16.1 Å². The highest BCUT2D eigenvalue weighted by Crippen LogP contribution is 2.67. The third-order valence-corrected chi connectivity index (χ3v) is 9.04. The molecule has 32 heavy (non-hydrogen) atoms. The summed E-state index contributed by atoms with van der Waals surface area (Å²) in [7, 11) is 1.77. The van der Waals surface area contributed by atoms with Crippen molar-refractivity contribution in [2.45, 2.75) is 69.9 Å². The lowest BCUT2D eigenvalue weighted by atomic mass is 9.51. The van der Waals surface area contributed by atoms with Crippen LogP contribution < -0.4 is 0 Å². The Hall–Kier alpha value is -2.51. The number of hydrogen-bond donors (Lipinski definition) is 0. The lowest BCUT2D eigenvalue weighted by Gasteiger charge is -2.54. The van der Waals surface area contributed by atoms with Crippen LogP contribution in [0.1, 0.15) is 68.9 Å². The van der Waals surface area contributed by atoms with Crippen molar-refractivity contribution in [3.8, 4) is 12.3 Å². The Balaban J connectivity index is 1.65. The van der Waals surface area contributed by atoms with Gasteiger partial charge in [-0.15, -0.1) is 6.42 Å². The summed E-state index contributed by atoms with van der Waals surface area (Å²) in [6.45, 7) is 2.54. The van der Waals surface area contributed by atoms with Gasteiger partial charge < -0.3 is 4.74 Å². The SMILES string of the molecule is C#C[C@]1(OC)CC[C@H]2[C@@H]3CC=C4CC(=O)CCC4=C3[C@@H](c3ccc(CN=O)cc3)C[C@@]21C. The van der Waals surface area contributed by atoms with Crippen LogP contribution in [0, 0.1) is 34.5 Å². The second-order valence-electron chi connectivity index (χ2n) is 10.2. The number of fused-ring (bicyclic) bond motifs is 4. The molecule has 0 heterocycles. The minimum Gasteiger partial charge on any atom is -0.365 e. The predicted octanol–water partition coefficient (Wildman–Crippen LogP) is 5.87. The summed E-state index contributed by atoms with van der Waals surface area (Å²) >= 11 is 0. The Bertz CT molecular complexity index is 1060. The zero-order chi connectivity index (χ0) is 22.5. The van der Waals surface area contributed by atoms with E-state index in [-0.39, 0.29) is 17.9 Å². The number of nitroso groups, excluding NO2 is 1. The quantitative estimate of drug-likeness (QED) is 0.444. The number of terminal acetylenes is 1. The zero-order valence-electron chi connectivity index (χ0n) is 19.0. The Morgan fingerprint density at radius 2 is 2.03 bits per heavy atom. The number of Topliss-reactive ketones (excluding diaryl/α,β-unsaturated/α-hetero) is 1. The number of methoxy groups -OCH3 is 1. The molecule has 4 aliphatic rings. The number of ketones is 1. The largest absolute Gasteiger partial charge is 0.365 e. The molecular weight excluding hydrogens is 398 g/mol. The van der Waals surface area contributed by atoms with Crippen molar-refractivity contribution >= 4 is 5.78 Å². The third kappa shape index (κ3) is 2.98. The molecule has 0 aromatic heterocycles. The molecule has 3 saturated carbocycles. The van der Waals surface area contributed by atoms with E-state index >= 15 is 0 Å². The number of allylic oxidation sites excluding steroid dienone is 4. The van der Waals surface area contributed by atoms with Crippen LogP contribution in [0.15, 0.2) is 52.2 Å². The minimum absolute atomic E-state index is 0.116. The van der Waals surface area contributed by atoms with Crippen LogP contribution in [0.4, 0.5) is 0 Å². The summed E-state index contributed by atoms with van der Waals surface area (Å²) in [5.41, 5.74) is 5.77. The molecular formula is C28H31NO3. The smallest absolute Gasteiger partial charge is 0.137 e. The van der Waals surface area contributed by atoms with Crippen LogP contribution in [0.2, 0.25) is 0 Å². The van der Waals surface area contributed by atoms with Crippen molar-refractivity contribution in [1.29, 1.82) is 0 Å². The van der Waals surface area contributed by atoms with Gasteiger partial charge in [0, 0.05) is 31.3 Å². The van der Waals surface area contributed by atoms with E-state index in [1.807, 2.05) is 12.1 Å². The minimum atomic E-state index is -0.542. The number of carbonyl (C=O) groups is 1. The van der Waals surface area contributed by atoms with E-state index in [9.17, 15) is 9.70 Å². The van der Waals surface area contributed by atoms with Crippen LogP contribution in [0.5, 0.6) is 0 Å². The van der Waals surface area contributed by atoms with E-state index in [0.29, 0.717) is 30.5 Å². The van der Waals surface area contributed by atoms with Crippen molar-refractivity contribution in [3.63, 3.8) is 0 Å². The molecule has 0 saturated heterocycles. The first-order valence-corrected chi connectivity index (χ1v) is 11.8. The van der Waals surface area contributed by atoms with Crippen molar-refractivity contribution in [2.24, 2.45) is 22.4 Å². The molecule has 0 spiro atoms. The van der Waals surface area contributed by atoms with Crippen molar-refractivity contribution in [1.82, 2.24) is 0 Å². The number of nitrogens with zero attached hydrogens (tertiary/aromatic N) is 1. The monoisotopic (exact) mass is 429 g/mol. The second-order valence-corrected chi connectivity index (χ2v) is 10.2. The van der Waals surface area contributed by atoms with Gasteiger partial charge in [-0.25, -0.2) is 0 Å². The lowest BCUT2D eigenvalue weighted by molar-refractivity contribution is -0.118. The average Bonchev–Trinajstić information content (AvgIpc) is 3.11. The average molecular weight is 430 g/mol. The van der Waals surface area contributed by atoms with Gasteiger partial charge in [0.15, 0.2) is 0 Å². The summed E-state index contributed by atoms with van der Waals surface area (Å²) in [6, 6.07) is 8.36. The van der Waals surface area contributed by atoms with Crippen LogP contribution in [-0.4, -0.2) is 18.5 Å². The second kappa shape index (κ2) is 7.81. The molecule has 3 fully saturated rings. The molecule has 5 rings (SSSR count). The summed E-state index contributed by atoms with van der Waals surface area (Å²) in [5, 5.41) is 3.03. The van der Waals surface area contributed by atoms with Gasteiger partial charge in [-0.05, 0) is 66.2 Å². The van der Waals surface area contributed by atoms with E-state index in [0.717, 1.165) is 37.7 Å². The Kier molecular flexibility index (Phi) is 5.21. The molecule has 0 bridgehead atoms. The predicted molar refractivity (Wildman–Crippen MR) is 125 cm³/mol. The Labute approximate surface area is 190 Å². The van der Waals surface area contributed by atoms with Gasteiger partial charge >= 0.3 is 0 Å². The number of hydrogen-bond acceptors (Lipinski definition) is 4. The molecule has 4 aliphatic carbocycles. The molecule has 1 aromatic carbocycles. The first-order chi connectivity index (χ1) is 15.5. The number of ether oxygens (including phenoxy) is 1. The Morgan fingerprint density at radius 3 is 2.72 bits per heavy atom. The Morgan fingerprint density at radius 1 is 1.25 bits per heavy atom. The summed E-state index contributed by atoms with van der Waals surface area (Å²) in [6.07, 6.45) is 14.4. The highest BCUT2D eigenvalue weighted by molar-refractivity contribution is 5.84. The van der Waals surface area contributed by atoms with Gasteiger partial charge in [0.25, 0.3) is 0 Å². The van der Waals surface area contributed by atoms with Crippen molar-refractivity contribution in [3.05, 3.63) is 63.1 Å². The molecule has 0 N–H and O–H groups in total. The molecule has 5 atom stereocenters. The fraction of sp³-hybridized carbons (Fsp3) is 0.536. The van der Waals surface area contributed by atoms with E-state index in [4.69, 9.17) is 11.2 Å². The zero-order valence-corrected chi connectivity index (χ0v) is 19.0. The van der Waals surface area contributed by atoms with E-state index in [1.54, 1.807) is 12.7 Å². The maximum Gasteiger partial charge on any atom is 0.137 e. The first-order valence-electron chi connectivity index (χ1n) is 11.8. The van der Waals surface area contributed by atoms with Crippen LogP contribution >= 0.6 is 0 Å². The van der Waals surface area contributed by atoms with Crippen molar-refractivity contribution in [2.75, 3.05) is 7.11 Å². The van der Waals surface area contributed by atoms with Gasteiger partial charge in [0.1, 0.15) is 17.9 Å². The third-order valence-electron chi connectivity index (χ3n) is 9.04. The number of carbonyl (C=O) groups excluding carboxylic acids is 1. The van der Waals surface area contributed by atoms with Gasteiger partial charge in [-0.1, -0.05) is 53.9 Å². The van der Waals surface area contributed by atoms with Gasteiger partial charge in [-0.3, -0.25) is 4.79 Å². The summed E-state index contributed by atoms with van der Waals surface area (Å²) in [5.74, 6) is 4.59. The molecule has 4 nitrogen and oxygen atoms in total. The van der Waals surface area contributed by atoms with E-state index in [2.05, 4.69) is 36.2 Å². The summed E-state index contributed by atoms with van der Waals surface area (Å²) in [4.78, 5) is 22.9. The topological polar surface area (TPSA) is 55.7 Å². The van der Waals surface area contributed by atoms with Crippen LogP contribution in [0.25, 0.3) is 0 Å². The maximum absolute atomic E-state index is 12.2. The standard InChI is InChI=1S/C28H31NO3/c1-4-28(32-3)14-13-25-23-11-9-20-15-21(30)10-12-22(20)26(23)24(16-27(25,28)2)19-7-5-18(6-8-19)17-29-31/h1,5-9,23-25H,10-17H2,2-3H3/t23-,24+,25-,27-,28-/m0/s1. The van der Waals surface area contributed by atoms with Crippen molar-refractivity contribution < 1.29 is 9.53 Å². The first kappa shape index (κ1) is 21.3. The number of benzene rings is 1. The fourth-order valence-corrected chi connectivity index (χ4v) is 7.44. The molecule has 0 aliphatic heterocycles. The van der Waals surface area contributed by atoms with Crippen LogP contribution in [0.3, 0.4) is 0 Å². The summed E-state index contributed by atoms with van der Waals surface area (Å²) < 4.78 is 6.10. The highest BCUT2D eigenvalue weighted by Gasteiger charge is 2.63. The van der Waals surface area contributed by atoms with Gasteiger partial charge in [0.05, 0.1) is 0 Å². The van der Waals surface area contributed by atoms with E-state index < -0.39 is 5.60 Å². The van der Waals surface area contributed by atoms with E-state index in [1.165, 1.54) is 16.7 Å². The molecule has 0 radical (unpaired) electrons. The fourth-order valence-electron chi connectivity index (χ4n) is 7.44.